The highest BCUT2D eigenvalue weighted by atomic mass is 79.9. The molecule has 0 spiro atoms. The Labute approximate surface area is 102 Å². The second kappa shape index (κ2) is 4.03. The maximum Gasteiger partial charge on any atom is 0.113 e. The standard InChI is InChI=1S/C12H11BrN2O/c13-12-10-6-7-16-8-11(10)14-15(12)9-4-2-1-3-5-9/h1-5H,6-8H2. The lowest BCUT2D eigenvalue weighted by Gasteiger charge is -2.09. The number of ether oxygens (including phenoxy) is 1. The fraction of sp³-hybridized carbons (Fsp3) is 0.250. The molecule has 3 nitrogen and oxygen atoms in total. The van der Waals surface area contributed by atoms with Gasteiger partial charge in [-0.15, -0.1) is 0 Å². The quantitative estimate of drug-likeness (QED) is 0.802. The van der Waals surface area contributed by atoms with Gasteiger partial charge in [0, 0.05) is 12.0 Å². The zero-order valence-electron chi connectivity index (χ0n) is 8.69. The topological polar surface area (TPSA) is 27.1 Å². The van der Waals surface area contributed by atoms with Crippen LogP contribution >= 0.6 is 15.9 Å². The van der Waals surface area contributed by atoms with Crippen molar-refractivity contribution < 1.29 is 4.74 Å². The summed E-state index contributed by atoms with van der Waals surface area (Å²) in [5, 5.41) is 4.57. The number of nitrogens with zero attached hydrogens (tertiary/aromatic N) is 2. The molecule has 0 fully saturated rings. The second-order valence-corrected chi connectivity index (χ2v) is 4.52. The Morgan fingerprint density at radius 2 is 2.06 bits per heavy atom. The van der Waals surface area contributed by atoms with Gasteiger partial charge in [0.05, 0.1) is 24.6 Å². The summed E-state index contributed by atoms with van der Waals surface area (Å²) in [5.74, 6) is 0. The van der Waals surface area contributed by atoms with Crippen molar-refractivity contribution in [1.29, 1.82) is 0 Å². The summed E-state index contributed by atoms with van der Waals surface area (Å²) >= 11 is 3.62. The minimum Gasteiger partial charge on any atom is -0.375 e. The van der Waals surface area contributed by atoms with E-state index in [4.69, 9.17) is 4.74 Å². The van der Waals surface area contributed by atoms with Crippen molar-refractivity contribution in [2.75, 3.05) is 6.61 Å². The van der Waals surface area contributed by atoms with Crippen LogP contribution in [0.5, 0.6) is 0 Å². The van der Waals surface area contributed by atoms with E-state index in [1.54, 1.807) is 0 Å². The van der Waals surface area contributed by atoms with Crippen LogP contribution in [0.1, 0.15) is 11.3 Å². The first-order chi connectivity index (χ1) is 7.86. The minimum absolute atomic E-state index is 0.619. The molecule has 0 saturated heterocycles. The first-order valence-electron chi connectivity index (χ1n) is 5.25. The molecule has 0 unspecified atom stereocenters. The van der Waals surface area contributed by atoms with Gasteiger partial charge in [-0.3, -0.25) is 0 Å². The molecule has 0 N–H and O–H groups in total. The zero-order valence-corrected chi connectivity index (χ0v) is 10.3. The number of para-hydroxylation sites is 1. The summed E-state index contributed by atoms with van der Waals surface area (Å²) in [4.78, 5) is 0. The Morgan fingerprint density at radius 1 is 1.25 bits per heavy atom. The SMILES string of the molecule is Brc1c2c(nn1-c1ccccc1)COCC2. The number of fused-ring (bicyclic) bond motifs is 1. The van der Waals surface area contributed by atoms with E-state index in [0.717, 1.165) is 29.0 Å². The average molecular weight is 279 g/mol. The average Bonchev–Trinajstić information content (AvgIpc) is 2.69. The third-order valence-corrected chi connectivity index (χ3v) is 3.55. The fourth-order valence-corrected chi connectivity index (χ4v) is 2.63. The Kier molecular flexibility index (Phi) is 2.53. The lowest BCUT2D eigenvalue weighted by molar-refractivity contribution is 0.108. The lowest BCUT2D eigenvalue weighted by atomic mass is 10.2. The van der Waals surface area contributed by atoms with E-state index in [-0.39, 0.29) is 0 Å². The van der Waals surface area contributed by atoms with E-state index in [1.807, 2.05) is 35.0 Å². The number of benzene rings is 1. The van der Waals surface area contributed by atoms with Gasteiger partial charge in [-0.1, -0.05) is 18.2 Å². The number of halogens is 1. The van der Waals surface area contributed by atoms with Crippen molar-refractivity contribution >= 4 is 15.9 Å². The van der Waals surface area contributed by atoms with Gasteiger partial charge in [0.25, 0.3) is 0 Å². The molecular formula is C12H11BrN2O. The summed E-state index contributed by atoms with van der Waals surface area (Å²) in [6, 6.07) is 10.1. The minimum atomic E-state index is 0.619. The molecule has 0 aliphatic carbocycles. The summed E-state index contributed by atoms with van der Waals surface area (Å²) in [7, 11) is 0. The first kappa shape index (κ1) is 10.1. The summed E-state index contributed by atoms with van der Waals surface area (Å²) < 4.78 is 8.39. The number of rotatable bonds is 1. The molecule has 1 aromatic carbocycles. The van der Waals surface area contributed by atoms with Crippen LogP contribution in [0.2, 0.25) is 0 Å². The third kappa shape index (κ3) is 1.58. The monoisotopic (exact) mass is 278 g/mol. The van der Waals surface area contributed by atoms with Gasteiger partial charge in [-0.25, -0.2) is 4.68 Å². The summed E-state index contributed by atoms with van der Waals surface area (Å²) in [6.07, 6.45) is 0.933. The number of aromatic nitrogens is 2. The molecule has 2 aromatic rings. The molecular weight excluding hydrogens is 268 g/mol. The van der Waals surface area contributed by atoms with Crippen LogP contribution in [0.4, 0.5) is 0 Å². The van der Waals surface area contributed by atoms with E-state index in [9.17, 15) is 0 Å². The maximum absolute atomic E-state index is 5.40. The van der Waals surface area contributed by atoms with Gasteiger partial charge in [-0.2, -0.15) is 5.10 Å². The van der Waals surface area contributed by atoms with E-state index in [0.29, 0.717) is 6.61 Å². The van der Waals surface area contributed by atoms with Crippen LogP contribution in [0.3, 0.4) is 0 Å². The second-order valence-electron chi connectivity index (χ2n) is 3.77. The van der Waals surface area contributed by atoms with Crippen molar-refractivity contribution in [2.24, 2.45) is 0 Å². The van der Waals surface area contributed by atoms with Crippen molar-refractivity contribution in [3.63, 3.8) is 0 Å². The zero-order chi connectivity index (χ0) is 11.0. The highest BCUT2D eigenvalue weighted by molar-refractivity contribution is 9.10. The molecule has 0 bridgehead atoms. The van der Waals surface area contributed by atoms with E-state index in [2.05, 4.69) is 21.0 Å². The van der Waals surface area contributed by atoms with Gasteiger partial charge in [0.2, 0.25) is 0 Å². The van der Waals surface area contributed by atoms with E-state index < -0.39 is 0 Å². The molecule has 0 radical (unpaired) electrons. The Hall–Kier alpha value is -1.13. The summed E-state index contributed by atoms with van der Waals surface area (Å²) in [6.45, 7) is 1.40. The molecule has 16 heavy (non-hydrogen) atoms. The van der Waals surface area contributed by atoms with Crippen molar-refractivity contribution in [2.45, 2.75) is 13.0 Å². The molecule has 1 aliphatic rings. The Bertz CT molecular complexity index is 507. The van der Waals surface area contributed by atoms with Crippen LogP contribution in [0.15, 0.2) is 34.9 Å². The Balaban J connectivity index is 2.12. The van der Waals surface area contributed by atoms with Gasteiger partial charge in [0.15, 0.2) is 0 Å². The molecule has 0 atom stereocenters. The van der Waals surface area contributed by atoms with Crippen molar-refractivity contribution in [3.05, 3.63) is 46.2 Å². The lowest BCUT2D eigenvalue weighted by Crippen LogP contribution is -2.08. The molecule has 0 saturated carbocycles. The molecule has 1 aromatic heterocycles. The highest BCUT2D eigenvalue weighted by Gasteiger charge is 2.19. The molecule has 0 amide bonds. The van der Waals surface area contributed by atoms with Gasteiger partial charge < -0.3 is 4.74 Å². The number of hydrogen-bond donors (Lipinski definition) is 0. The predicted molar refractivity (Wildman–Crippen MR) is 64.6 cm³/mol. The molecule has 4 heteroatoms. The van der Waals surface area contributed by atoms with Gasteiger partial charge in [0.1, 0.15) is 4.60 Å². The summed E-state index contributed by atoms with van der Waals surface area (Å²) in [5.41, 5.74) is 3.39. The third-order valence-electron chi connectivity index (χ3n) is 2.74. The largest absolute Gasteiger partial charge is 0.375 e. The number of hydrogen-bond acceptors (Lipinski definition) is 2. The molecule has 82 valence electrons. The Morgan fingerprint density at radius 3 is 2.81 bits per heavy atom. The smallest absolute Gasteiger partial charge is 0.113 e. The van der Waals surface area contributed by atoms with Crippen LogP contribution in [-0.2, 0) is 17.8 Å². The van der Waals surface area contributed by atoms with Crippen molar-refractivity contribution in [1.82, 2.24) is 9.78 Å². The first-order valence-corrected chi connectivity index (χ1v) is 6.05. The molecule has 2 heterocycles. The van der Waals surface area contributed by atoms with Gasteiger partial charge in [-0.05, 0) is 28.1 Å². The van der Waals surface area contributed by atoms with Crippen LogP contribution in [0, 0.1) is 0 Å². The van der Waals surface area contributed by atoms with Crippen LogP contribution in [0.25, 0.3) is 5.69 Å². The molecule has 1 aliphatic heterocycles. The van der Waals surface area contributed by atoms with E-state index in [1.165, 1.54) is 5.56 Å². The molecule has 3 rings (SSSR count). The highest BCUT2D eigenvalue weighted by Crippen LogP contribution is 2.27. The van der Waals surface area contributed by atoms with Crippen LogP contribution < -0.4 is 0 Å². The van der Waals surface area contributed by atoms with E-state index >= 15 is 0 Å². The predicted octanol–water partition coefficient (Wildman–Crippen LogP) is 2.71. The van der Waals surface area contributed by atoms with Crippen LogP contribution in [-0.4, -0.2) is 16.4 Å². The van der Waals surface area contributed by atoms with Crippen molar-refractivity contribution in [3.8, 4) is 5.69 Å². The van der Waals surface area contributed by atoms with Gasteiger partial charge >= 0.3 is 0 Å². The maximum atomic E-state index is 5.40. The fourth-order valence-electron chi connectivity index (χ4n) is 1.92. The normalized spacial score (nSPS) is 14.8.